The van der Waals surface area contributed by atoms with E-state index in [1.807, 2.05) is 30.3 Å². The third kappa shape index (κ3) is 5.40. The number of methoxy groups -OCH3 is 1. The summed E-state index contributed by atoms with van der Waals surface area (Å²) < 4.78 is 10.5. The van der Waals surface area contributed by atoms with E-state index < -0.39 is 0 Å². The molecule has 0 amide bonds. The third-order valence-corrected chi connectivity index (χ3v) is 2.19. The Bertz CT molecular complexity index is 251. The summed E-state index contributed by atoms with van der Waals surface area (Å²) in [6, 6.07) is 9.94. The topological polar surface area (TPSA) is 44.5 Å². The van der Waals surface area contributed by atoms with Crippen LogP contribution in [0.15, 0.2) is 30.3 Å². The van der Waals surface area contributed by atoms with Crippen LogP contribution in [0, 0.1) is 0 Å². The molecule has 1 rings (SSSR count). The molecule has 3 nitrogen and oxygen atoms in total. The highest BCUT2D eigenvalue weighted by atomic mass is 16.5. The monoisotopic (exact) mass is 209 g/mol. The van der Waals surface area contributed by atoms with Gasteiger partial charge in [-0.3, -0.25) is 0 Å². The van der Waals surface area contributed by atoms with Crippen LogP contribution in [0.4, 0.5) is 0 Å². The molecular weight excluding hydrogens is 190 g/mol. The van der Waals surface area contributed by atoms with Crippen LogP contribution >= 0.6 is 0 Å². The van der Waals surface area contributed by atoms with Crippen LogP contribution in [0.1, 0.15) is 12.8 Å². The van der Waals surface area contributed by atoms with Crippen LogP contribution in [-0.2, 0) is 4.74 Å². The maximum Gasteiger partial charge on any atom is 0.119 e. The van der Waals surface area contributed by atoms with E-state index in [-0.39, 0.29) is 6.04 Å². The van der Waals surface area contributed by atoms with Crippen LogP contribution < -0.4 is 10.5 Å². The fourth-order valence-electron chi connectivity index (χ4n) is 1.26. The standard InChI is InChI=1S/C12H19NO2/c1-14-9-7-11(13)8-10-15-12-5-3-2-4-6-12/h2-6,11H,7-10,13H2,1H3. The first-order chi connectivity index (χ1) is 7.33. The van der Waals surface area contributed by atoms with Crippen molar-refractivity contribution < 1.29 is 9.47 Å². The largest absolute Gasteiger partial charge is 0.494 e. The van der Waals surface area contributed by atoms with Gasteiger partial charge >= 0.3 is 0 Å². The molecule has 3 heteroatoms. The predicted octanol–water partition coefficient (Wildman–Crippen LogP) is 1.82. The number of benzene rings is 1. The van der Waals surface area contributed by atoms with Crippen molar-refractivity contribution in [3.8, 4) is 5.75 Å². The summed E-state index contributed by atoms with van der Waals surface area (Å²) in [5.74, 6) is 0.899. The Kier molecular flexibility index (Phi) is 5.81. The minimum absolute atomic E-state index is 0.161. The number of ether oxygens (including phenoxy) is 2. The Labute approximate surface area is 91.2 Å². The van der Waals surface area contributed by atoms with Crippen LogP contribution in [0.5, 0.6) is 5.75 Å². The van der Waals surface area contributed by atoms with Gasteiger partial charge in [0.1, 0.15) is 5.75 Å². The van der Waals surface area contributed by atoms with E-state index >= 15 is 0 Å². The highest BCUT2D eigenvalue weighted by Gasteiger charge is 2.02. The summed E-state index contributed by atoms with van der Waals surface area (Å²) in [6.07, 6.45) is 1.74. The number of rotatable bonds is 7. The maximum absolute atomic E-state index is 5.86. The molecule has 1 unspecified atom stereocenters. The van der Waals surface area contributed by atoms with Crippen LogP contribution in [-0.4, -0.2) is 26.4 Å². The number of hydrogen-bond acceptors (Lipinski definition) is 3. The lowest BCUT2D eigenvalue weighted by Gasteiger charge is -2.11. The quantitative estimate of drug-likeness (QED) is 0.745. The van der Waals surface area contributed by atoms with Gasteiger partial charge in [0.05, 0.1) is 6.61 Å². The molecule has 0 fully saturated rings. The van der Waals surface area contributed by atoms with Crippen molar-refractivity contribution in [3.63, 3.8) is 0 Å². The molecule has 0 radical (unpaired) electrons. The van der Waals surface area contributed by atoms with Crippen molar-refractivity contribution in [1.82, 2.24) is 0 Å². The molecule has 1 aromatic carbocycles. The fraction of sp³-hybridized carbons (Fsp3) is 0.500. The SMILES string of the molecule is COCCC(N)CCOc1ccccc1. The predicted molar refractivity (Wildman–Crippen MR) is 61.0 cm³/mol. The molecule has 0 bridgehead atoms. The van der Waals surface area contributed by atoms with Crippen LogP contribution in [0.2, 0.25) is 0 Å². The van der Waals surface area contributed by atoms with Gasteiger partial charge in [-0.15, -0.1) is 0 Å². The van der Waals surface area contributed by atoms with E-state index in [9.17, 15) is 0 Å². The summed E-state index contributed by atoms with van der Waals surface area (Å²) in [5.41, 5.74) is 5.86. The molecule has 1 atom stereocenters. The zero-order chi connectivity index (χ0) is 10.9. The van der Waals surface area contributed by atoms with Crippen LogP contribution in [0.25, 0.3) is 0 Å². The first kappa shape index (κ1) is 12.0. The number of nitrogens with two attached hydrogens (primary N) is 1. The molecule has 1 aromatic rings. The summed E-state index contributed by atoms with van der Waals surface area (Å²) in [7, 11) is 1.69. The molecule has 0 saturated heterocycles. The summed E-state index contributed by atoms with van der Waals surface area (Å²) in [4.78, 5) is 0. The van der Waals surface area contributed by atoms with Gasteiger partial charge in [-0.2, -0.15) is 0 Å². The van der Waals surface area contributed by atoms with Gasteiger partial charge in [0.25, 0.3) is 0 Å². The molecule has 0 heterocycles. The van der Waals surface area contributed by atoms with E-state index in [2.05, 4.69) is 0 Å². The summed E-state index contributed by atoms with van der Waals surface area (Å²) in [6.45, 7) is 1.38. The van der Waals surface area contributed by atoms with Crippen molar-refractivity contribution in [1.29, 1.82) is 0 Å². The molecule has 0 aromatic heterocycles. The highest BCUT2D eigenvalue weighted by Crippen LogP contribution is 2.08. The molecule has 84 valence electrons. The zero-order valence-corrected chi connectivity index (χ0v) is 9.19. The van der Waals surface area contributed by atoms with E-state index in [1.54, 1.807) is 7.11 Å². The lowest BCUT2D eigenvalue weighted by Crippen LogP contribution is -2.24. The van der Waals surface area contributed by atoms with Gasteiger partial charge in [-0.05, 0) is 25.0 Å². The van der Waals surface area contributed by atoms with Crippen molar-refractivity contribution in [2.24, 2.45) is 5.73 Å². The van der Waals surface area contributed by atoms with E-state index in [4.69, 9.17) is 15.2 Å². The average molecular weight is 209 g/mol. The van der Waals surface area contributed by atoms with E-state index in [0.717, 1.165) is 18.6 Å². The first-order valence-electron chi connectivity index (χ1n) is 5.25. The van der Waals surface area contributed by atoms with Crippen molar-refractivity contribution in [3.05, 3.63) is 30.3 Å². The maximum atomic E-state index is 5.86. The Morgan fingerprint density at radius 2 is 1.80 bits per heavy atom. The third-order valence-electron chi connectivity index (χ3n) is 2.19. The van der Waals surface area contributed by atoms with E-state index in [1.165, 1.54) is 0 Å². The zero-order valence-electron chi connectivity index (χ0n) is 9.19. The normalized spacial score (nSPS) is 12.4. The molecule has 0 spiro atoms. The highest BCUT2D eigenvalue weighted by molar-refractivity contribution is 5.20. The number of para-hydroxylation sites is 1. The Hall–Kier alpha value is -1.06. The molecule has 0 aliphatic rings. The second-order valence-electron chi connectivity index (χ2n) is 3.49. The number of hydrogen-bond donors (Lipinski definition) is 1. The molecule has 0 saturated carbocycles. The fourth-order valence-corrected chi connectivity index (χ4v) is 1.26. The average Bonchev–Trinajstić information content (AvgIpc) is 2.28. The van der Waals surface area contributed by atoms with Crippen molar-refractivity contribution in [2.75, 3.05) is 20.3 Å². The minimum Gasteiger partial charge on any atom is -0.494 e. The van der Waals surface area contributed by atoms with E-state index in [0.29, 0.717) is 13.2 Å². The smallest absolute Gasteiger partial charge is 0.119 e. The van der Waals surface area contributed by atoms with Gasteiger partial charge in [0.2, 0.25) is 0 Å². The van der Waals surface area contributed by atoms with Crippen molar-refractivity contribution in [2.45, 2.75) is 18.9 Å². The lowest BCUT2D eigenvalue weighted by molar-refractivity contribution is 0.182. The second-order valence-corrected chi connectivity index (χ2v) is 3.49. The Balaban J connectivity index is 2.11. The van der Waals surface area contributed by atoms with Crippen molar-refractivity contribution >= 4 is 0 Å². The second kappa shape index (κ2) is 7.26. The Morgan fingerprint density at radius 3 is 2.47 bits per heavy atom. The molecule has 0 aliphatic carbocycles. The molecular formula is C12H19NO2. The summed E-state index contributed by atoms with van der Waals surface area (Å²) in [5, 5.41) is 0. The first-order valence-corrected chi connectivity index (χ1v) is 5.25. The minimum atomic E-state index is 0.161. The molecule has 15 heavy (non-hydrogen) atoms. The molecule has 0 aliphatic heterocycles. The Morgan fingerprint density at radius 1 is 1.13 bits per heavy atom. The van der Waals surface area contributed by atoms with Gasteiger partial charge in [-0.25, -0.2) is 0 Å². The van der Waals surface area contributed by atoms with Gasteiger partial charge in [-0.1, -0.05) is 18.2 Å². The lowest BCUT2D eigenvalue weighted by atomic mass is 10.2. The van der Waals surface area contributed by atoms with Gasteiger partial charge in [0, 0.05) is 19.8 Å². The van der Waals surface area contributed by atoms with Gasteiger partial charge in [0.15, 0.2) is 0 Å². The summed E-state index contributed by atoms with van der Waals surface area (Å²) >= 11 is 0. The van der Waals surface area contributed by atoms with Gasteiger partial charge < -0.3 is 15.2 Å². The van der Waals surface area contributed by atoms with Crippen LogP contribution in [0.3, 0.4) is 0 Å². The molecule has 2 N–H and O–H groups in total.